The fourth-order valence-electron chi connectivity index (χ4n) is 3.60. The van der Waals surface area contributed by atoms with Crippen LogP contribution in [0.3, 0.4) is 0 Å². The number of ether oxygens (including phenoxy) is 6. The number of rotatable bonds is 15. The largest absolute Gasteiger partial charge is 0.494 e. The molecule has 0 bridgehead atoms. The molecule has 2 aromatic rings. The molecule has 0 fully saturated rings. The molecule has 0 atom stereocenters. The van der Waals surface area contributed by atoms with E-state index in [9.17, 15) is 19.2 Å². The number of carbonyl (C=O) groups excluding carboxylic acids is 4. The van der Waals surface area contributed by atoms with Crippen molar-refractivity contribution in [2.24, 2.45) is 0 Å². The molecule has 206 valence electrons. The highest BCUT2D eigenvalue weighted by atomic mass is 16.5. The van der Waals surface area contributed by atoms with Crippen LogP contribution in [0.25, 0.3) is 0 Å². The average molecular weight is 531 g/mol. The van der Waals surface area contributed by atoms with E-state index in [1.165, 1.54) is 64.8 Å². The number of hydrogen-bond acceptors (Lipinski definition) is 10. The Balaban J connectivity index is 1.71. The second kappa shape index (κ2) is 15.9. The van der Waals surface area contributed by atoms with E-state index < -0.39 is 23.9 Å². The topological polar surface area (TPSA) is 124 Å². The molecule has 0 radical (unpaired) electrons. The Hall–Kier alpha value is -4.08. The van der Waals surface area contributed by atoms with Crippen LogP contribution in [0.15, 0.2) is 36.4 Å². The molecule has 2 aromatic carbocycles. The number of esters is 4. The number of methoxy groups -OCH3 is 4. The van der Waals surface area contributed by atoms with Gasteiger partial charge in [0.2, 0.25) is 0 Å². The van der Waals surface area contributed by atoms with E-state index in [-0.39, 0.29) is 22.3 Å². The lowest BCUT2D eigenvalue weighted by Crippen LogP contribution is -2.08. The molecular formula is C28H34O10. The summed E-state index contributed by atoms with van der Waals surface area (Å²) in [6.45, 7) is 0.876. The van der Waals surface area contributed by atoms with Crippen molar-refractivity contribution in [3.8, 4) is 11.5 Å². The molecule has 0 aliphatic carbocycles. The standard InChI is InChI=1S/C28H34O10/c1-33-25(29)19-13-20(26(30)34-2)16-23(15-19)37-11-9-7-5-6-8-10-12-38-24-17-21(27(31)35-3)14-22(18-24)28(32)36-4/h13-18H,5-12H2,1-4H3. The Labute approximate surface area is 222 Å². The lowest BCUT2D eigenvalue weighted by Gasteiger charge is -2.10. The van der Waals surface area contributed by atoms with Crippen molar-refractivity contribution in [2.75, 3.05) is 41.7 Å². The van der Waals surface area contributed by atoms with Gasteiger partial charge in [-0.15, -0.1) is 0 Å². The Kier molecular flexibility index (Phi) is 12.6. The van der Waals surface area contributed by atoms with Gasteiger partial charge in [0.05, 0.1) is 63.9 Å². The van der Waals surface area contributed by atoms with Crippen LogP contribution >= 0.6 is 0 Å². The summed E-state index contributed by atoms with van der Waals surface area (Å²) < 4.78 is 30.4. The van der Waals surface area contributed by atoms with Gasteiger partial charge in [0, 0.05) is 0 Å². The van der Waals surface area contributed by atoms with Crippen LogP contribution in [-0.4, -0.2) is 65.5 Å². The van der Waals surface area contributed by atoms with Crippen LogP contribution in [0.4, 0.5) is 0 Å². The van der Waals surface area contributed by atoms with Crippen LogP contribution < -0.4 is 9.47 Å². The molecule has 2 rings (SSSR count). The zero-order valence-corrected chi connectivity index (χ0v) is 22.2. The third-order valence-electron chi connectivity index (χ3n) is 5.57. The molecular weight excluding hydrogens is 496 g/mol. The third-order valence-corrected chi connectivity index (χ3v) is 5.57. The van der Waals surface area contributed by atoms with Gasteiger partial charge in [-0.2, -0.15) is 0 Å². The summed E-state index contributed by atoms with van der Waals surface area (Å²) in [6.07, 6.45) is 5.52. The first-order chi connectivity index (χ1) is 18.3. The van der Waals surface area contributed by atoms with Crippen molar-refractivity contribution in [2.45, 2.75) is 38.5 Å². The number of unbranched alkanes of at least 4 members (excludes halogenated alkanes) is 5. The summed E-state index contributed by atoms with van der Waals surface area (Å²) in [5, 5.41) is 0. The summed E-state index contributed by atoms with van der Waals surface area (Å²) >= 11 is 0. The molecule has 0 N–H and O–H groups in total. The molecule has 0 spiro atoms. The van der Waals surface area contributed by atoms with Crippen LogP contribution in [0.1, 0.15) is 80.0 Å². The highest BCUT2D eigenvalue weighted by Crippen LogP contribution is 2.21. The smallest absolute Gasteiger partial charge is 0.338 e. The molecule has 0 aliphatic heterocycles. The van der Waals surface area contributed by atoms with Crippen molar-refractivity contribution in [3.05, 3.63) is 58.7 Å². The summed E-state index contributed by atoms with van der Waals surface area (Å²) in [5.41, 5.74) is 0.856. The van der Waals surface area contributed by atoms with Crippen LogP contribution in [-0.2, 0) is 18.9 Å². The second-order valence-electron chi connectivity index (χ2n) is 8.28. The Morgan fingerprint density at radius 2 is 0.711 bits per heavy atom. The normalized spacial score (nSPS) is 10.3. The molecule has 0 aliphatic rings. The van der Waals surface area contributed by atoms with E-state index in [1.807, 2.05) is 0 Å². The predicted octanol–water partition coefficient (Wildman–Crippen LogP) is 4.63. The van der Waals surface area contributed by atoms with Gasteiger partial charge in [0.25, 0.3) is 0 Å². The second-order valence-corrected chi connectivity index (χ2v) is 8.28. The van der Waals surface area contributed by atoms with E-state index in [0.717, 1.165) is 38.5 Å². The Bertz CT molecular complexity index is 953. The number of benzene rings is 2. The predicted molar refractivity (Wildman–Crippen MR) is 137 cm³/mol. The van der Waals surface area contributed by atoms with Crippen molar-refractivity contribution < 1.29 is 47.6 Å². The molecule has 0 heterocycles. The summed E-state index contributed by atoms with van der Waals surface area (Å²) in [7, 11) is 5.07. The van der Waals surface area contributed by atoms with Crippen molar-refractivity contribution in [1.29, 1.82) is 0 Å². The average Bonchev–Trinajstić information content (AvgIpc) is 2.95. The van der Waals surface area contributed by atoms with Gasteiger partial charge >= 0.3 is 23.9 Å². The zero-order valence-electron chi connectivity index (χ0n) is 22.2. The quantitative estimate of drug-likeness (QED) is 0.183. The van der Waals surface area contributed by atoms with Crippen LogP contribution in [0.2, 0.25) is 0 Å². The maximum Gasteiger partial charge on any atom is 0.338 e. The molecule has 10 nitrogen and oxygen atoms in total. The monoisotopic (exact) mass is 530 g/mol. The molecule has 38 heavy (non-hydrogen) atoms. The van der Waals surface area contributed by atoms with Gasteiger partial charge < -0.3 is 28.4 Å². The van der Waals surface area contributed by atoms with E-state index in [2.05, 4.69) is 0 Å². The summed E-state index contributed by atoms with van der Waals surface area (Å²) in [6, 6.07) is 8.95. The van der Waals surface area contributed by atoms with Gasteiger partial charge in [-0.1, -0.05) is 25.7 Å². The Morgan fingerprint density at radius 3 is 0.974 bits per heavy atom. The maximum atomic E-state index is 11.9. The first-order valence-electron chi connectivity index (χ1n) is 12.2. The van der Waals surface area contributed by atoms with Gasteiger partial charge in [-0.05, 0) is 49.2 Å². The number of hydrogen-bond donors (Lipinski definition) is 0. The van der Waals surface area contributed by atoms with Crippen molar-refractivity contribution in [3.63, 3.8) is 0 Å². The zero-order chi connectivity index (χ0) is 27.9. The fraction of sp³-hybridized carbons (Fsp3) is 0.429. The van der Waals surface area contributed by atoms with Gasteiger partial charge in [0.1, 0.15) is 11.5 Å². The first kappa shape index (κ1) is 30.1. The fourth-order valence-corrected chi connectivity index (χ4v) is 3.60. The van der Waals surface area contributed by atoms with Crippen LogP contribution in [0.5, 0.6) is 11.5 Å². The SMILES string of the molecule is COC(=O)c1cc(OCCCCCCCCOc2cc(C(=O)OC)cc(C(=O)OC)c2)cc(C(=O)OC)c1. The van der Waals surface area contributed by atoms with Gasteiger partial charge in [-0.25, -0.2) is 19.2 Å². The number of carbonyl (C=O) groups is 4. The Morgan fingerprint density at radius 1 is 0.447 bits per heavy atom. The van der Waals surface area contributed by atoms with E-state index in [0.29, 0.717) is 24.7 Å². The third kappa shape index (κ3) is 9.42. The van der Waals surface area contributed by atoms with E-state index >= 15 is 0 Å². The molecule has 0 amide bonds. The summed E-state index contributed by atoms with van der Waals surface area (Å²) in [4.78, 5) is 47.5. The lowest BCUT2D eigenvalue weighted by molar-refractivity contribution is 0.0580. The van der Waals surface area contributed by atoms with Gasteiger partial charge in [0.15, 0.2) is 0 Å². The van der Waals surface area contributed by atoms with Crippen molar-refractivity contribution in [1.82, 2.24) is 0 Å². The maximum absolute atomic E-state index is 11.9. The minimum Gasteiger partial charge on any atom is -0.494 e. The van der Waals surface area contributed by atoms with E-state index in [4.69, 9.17) is 28.4 Å². The van der Waals surface area contributed by atoms with Crippen molar-refractivity contribution >= 4 is 23.9 Å². The highest BCUT2D eigenvalue weighted by Gasteiger charge is 2.15. The first-order valence-corrected chi connectivity index (χ1v) is 12.2. The molecule has 0 aromatic heterocycles. The summed E-state index contributed by atoms with van der Waals surface area (Å²) in [5.74, 6) is -1.46. The molecule has 10 heteroatoms. The van der Waals surface area contributed by atoms with Crippen LogP contribution in [0, 0.1) is 0 Å². The minimum absolute atomic E-state index is 0.214. The highest BCUT2D eigenvalue weighted by molar-refractivity contribution is 5.96. The van der Waals surface area contributed by atoms with E-state index in [1.54, 1.807) is 0 Å². The molecule has 0 saturated carbocycles. The lowest BCUT2D eigenvalue weighted by atomic mass is 10.1. The minimum atomic E-state index is -0.565. The molecule has 0 saturated heterocycles. The van der Waals surface area contributed by atoms with Gasteiger partial charge in [-0.3, -0.25) is 0 Å². The molecule has 0 unspecified atom stereocenters.